The molecular weight excluding hydrogens is 172 g/mol. The first-order valence-corrected chi connectivity index (χ1v) is 4.72. The molecular formula is C12H10N2. The van der Waals surface area contributed by atoms with Gasteiger partial charge in [-0.05, 0) is 17.4 Å². The first-order valence-electron chi connectivity index (χ1n) is 4.72. The van der Waals surface area contributed by atoms with Crippen molar-refractivity contribution in [1.82, 2.24) is 0 Å². The van der Waals surface area contributed by atoms with Crippen LogP contribution in [0.4, 0.5) is 5.69 Å². The third-order valence-electron chi connectivity index (χ3n) is 2.52. The van der Waals surface area contributed by atoms with E-state index in [4.69, 9.17) is 0 Å². The fourth-order valence-corrected chi connectivity index (χ4v) is 1.84. The lowest BCUT2D eigenvalue weighted by Crippen LogP contribution is -2.24. The SMILES string of the molecule is C1=CNc2ccc3c(c2C=C1)=NCC=3. The lowest BCUT2D eigenvalue weighted by atomic mass is 10.1. The highest BCUT2D eigenvalue weighted by atomic mass is 14.8. The topological polar surface area (TPSA) is 24.4 Å². The quantitative estimate of drug-likeness (QED) is 0.637. The predicted octanol–water partition coefficient (Wildman–Crippen LogP) is 1.05. The molecule has 2 heteroatoms. The number of rotatable bonds is 0. The minimum Gasteiger partial charge on any atom is -0.361 e. The van der Waals surface area contributed by atoms with Gasteiger partial charge in [-0.15, -0.1) is 0 Å². The van der Waals surface area contributed by atoms with E-state index >= 15 is 0 Å². The monoisotopic (exact) mass is 182 g/mol. The van der Waals surface area contributed by atoms with Crippen molar-refractivity contribution >= 4 is 17.8 Å². The van der Waals surface area contributed by atoms with Gasteiger partial charge in [0, 0.05) is 17.5 Å². The second kappa shape index (κ2) is 2.84. The van der Waals surface area contributed by atoms with E-state index in [1.165, 1.54) is 10.8 Å². The van der Waals surface area contributed by atoms with Crippen LogP contribution in [0.5, 0.6) is 0 Å². The van der Waals surface area contributed by atoms with Crippen LogP contribution in [0, 0.1) is 0 Å². The van der Waals surface area contributed by atoms with Crippen LogP contribution < -0.4 is 15.9 Å². The highest BCUT2D eigenvalue weighted by Crippen LogP contribution is 2.14. The average molecular weight is 182 g/mol. The van der Waals surface area contributed by atoms with Crippen molar-refractivity contribution in [3.63, 3.8) is 0 Å². The van der Waals surface area contributed by atoms with Crippen LogP contribution in [0.3, 0.4) is 0 Å². The minimum atomic E-state index is 0.813. The molecule has 1 aromatic carbocycles. The summed E-state index contributed by atoms with van der Waals surface area (Å²) in [6.07, 6.45) is 10.2. The first-order chi connectivity index (χ1) is 6.95. The first kappa shape index (κ1) is 7.56. The normalized spacial score (nSPS) is 16.0. The summed E-state index contributed by atoms with van der Waals surface area (Å²) in [5.41, 5.74) is 2.33. The van der Waals surface area contributed by atoms with E-state index < -0.39 is 0 Å². The van der Waals surface area contributed by atoms with Crippen molar-refractivity contribution in [3.05, 3.63) is 46.6 Å². The Kier molecular flexibility index (Phi) is 1.53. The molecule has 0 amide bonds. The zero-order valence-electron chi connectivity index (χ0n) is 7.70. The van der Waals surface area contributed by atoms with Gasteiger partial charge in [-0.1, -0.05) is 24.3 Å². The molecule has 68 valence electrons. The molecule has 0 radical (unpaired) electrons. The average Bonchev–Trinajstić information content (AvgIpc) is 2.55. The van der Waals surface area contributed by atoms with Gasteiger partial charge in [-0.3, -0.25) is 4.99 Å². The second-order valence-corrected chi connectivity index (χ2v) is 3.37. The Hall–Kier alpha value is -1.83. The number of hydrogen-bond acceptors (Lipinski definition) is 2. The molecule has 0 fully saturated rings. The van der Waals surface area contributed by atoms with Gasteiger partial charge in [0.15, 0.2) is 0 Å². The maximum Gasteiger partial charge on any atom is 0.0741 e. The number of benzene rings is 1. The van der Waals surface area contributed by atoms with E-state index in [2.05, 4.69) is 34.6 Å². The molecule has 0 atom stereocenters. The van der Waals surface area contributed by atoms with E-state index in [9.17, 15) is 0 Å². The fourth-order valence-electron chi connectivity index (χ4n) is 1.84. The summed E-state index contributed by atoms with van der Waals surface area (Å²) in [5.74, 6) is 0. The summed E-state index contributed by atoms with van der Waals surface area (Å²) >= 11 is 0. The summed E-state index contributed by atoms with van der Waals surface area (Å²) in [6, 6.07) is 4.22. The fraction of sp³-hybridized carbons (Fsp3) is 0.0833. The van der Waals surface area contributed by atoms with Gasteiger partial charge in [-0.2, -0.15) is 0 Å². The summed E-state index contributed by atoms with van der Waals surface area (Å²) < 4.78 is 0. The molecule has 2 aliphatic heterocycles. The number of nitrogens with one attached hydrogen (secondary N) is 1. The minimum absolute atomic E-state index is 0.813. The van der Waals surface area contributed by atoms with Crippen LogP contribution >= 0.6 is 0 Å². The van der Waals surface area contributed by atoms with Crippen molar-refractivity contribution in [1.29, 1.82) is 0 Å². The van der Waals surface area contributed by atoms with E-state index in [0.29, 0.717) is 0 Å². The van der Waals surface area contributed by atoms with E-state index in [0.717, 1.165) is 17.6 Å². The Morgan fingerprint density at radius 1 is 1.21 bits per heavy atom. The van der Waals surface area contributed by atoms with Gasteiger partial charge in [0.05, 0.1) is 11.9 Å². The molecule has 3 rings (SSSR count). The molecule has 1 aromatic rings. The Morgan fingerprint density at radius 3 is 3.21 bits per heavy atom. The Balaban J connectivity index is 2.40. The second-order valence-electron chi connectivity index (χ2n) is 3.37. The third kappa shape index (κ3) is 1.01. The van der Waals surface area contributed by atoms with Gasteiger partial charge in [0.25, 0.3) is 0 Å². The Labute approximate surface area is 82.0 Å². The number of anilines is 1. The van der Waals surface area contributed by atoms with Gasteiger partial charge in [0.1, 0.15) is 0 Å². The summed E-state index contributed by atoms with van der Waals surface area (Å²) in [7, 11) is 0. The van der Waals surface area contributed by atoms with Crippen molar-refractivity contribution in [3.8, 4) is 0 Å². The maximum absolute atomic E-state index is 4.48. The molecule has 2 heterocycles. The zero-order valence-corrected chi connectivity index (χ0v) is 7.70. The zero-order chi connectivity index (χ0) is 9.38. The molecule has 0 aliphatic carbocycles. The predicted molar refractivity (Wildman–Crippen MR) is 58.4 cm³/mol. The molecule has 0 spiro atoms. The summed E-state index contributed by atoms with van der Waals surface area (Å²) in [4.78, 5) is 4.48. The number of hydrogen-bond donors (Lipinski definition) is 1. The number of fused-ring (bicyclic) bond motifs is 3. The van der Waals surface area contributed by atoms with Crippen molar-refractivity contribution in [2.75, 3.05) is 11.9 Å². The van der Waals surface area contributed by atoms with E-state index in [1.54, 1.807) is 0 Å². The summed E-state index contributed by atoms with van der Waals surface area (Å²) in [6.45, 7) is 0.813. The molecule has 1 N–H and O–H groups in total. The van der Waals surface area contributed by atoms with Crippen LogP contribution in [0.25, 0.3) is 12.2 Å². The molecule has 2 aliphatic rings. The summed E-state index contributed by atoms with van der Waals surface area (Å²) in [5, 5.41) is 5.61. The number of allylic oxidation sites excluding steroid dienone is 2. The standard InChI is InChI=1S/C12H10N2/c1-2-7-13-11-5-4-9-6-8-14-12(9)10(11)3-1/h1-7,13H,8H2. The van der Waals surface area contributed by atoms with Crippen LogP contribution in [-0.4, -0.2) is 6.54 Å². The van der Waals surface area contributed by atoms with Gasteiger partial charge >= 0.3 is 0 Å². The molecule has 2 nitrogen and oxygen atoms in total. The van der Waals surface area contributed by atoms with Crippen molar-refractivity contribution < 1.29 is 0 Å². The molecule has 0 unspecified atom stereocenters. The van der Waals surface area contributed by atoms with Crippen LogP contribution in [0.1, 0.15) is 5.56 Å². The maximum atomic E-state index is 4.48. The lowest BCUT2D eigenvalue weighted by molar-refractivity contribution is 1.22. The van der Waals surface area contributed by atoms with E-state index in [-0.39, 0.29) is 0 Å². The Bertz CT molecular complexity index is 550. The van der Waals surface area contributed by atoms with Crippen LogP contribution in [-0.2, 0) is 0 Å². The highest BCUT2D eigenvalue weighted by Gasteiger charge is 2.05. The van der Waals surface area contributed by atoms with Gasteiger partial charge in [0.2, 0.25) is 0 Å². The Morgan fingerprint density at radius 2 is 2.21 bits per heavy atom. The third-order valence-corrected chi connectivity index (χ3v) is 2.52. The van der Waals surface area contributed by atoms with Crippen LogP contribution in [0.15, 0.2) is 35.5 Å². The van der Waals surface area contributed by atoms with Gasteiger partial charge < -0.3 is 5.32 Å². The van der Waals surface area contributed by atoms with E-state index in [1.807, 2.05) is 18.4 Å². The smallest absolute Gasteiger partial charge is 0.0741 e. The molecule has 0 saturated carbocycles. The van der Waals surface area contributed by atoms with Crippen LogP contribution in [0.2, 0.25) is 0 Å². The van der Waals surface area contributed by atoms with Crippen molar-refractivity contribution in [2.24, 2.45) is 4.99 Å². The highest BCUT2D eigenvalue weighted by molar-refractivity contribution is 5.70. The van der Waals surface area contributed by atoms with Crippen molar-refractivity contribution in [2.45, 2.75) is 0 Å². The van der Waals surface area contributed by atoms with Gasteiger partial charge in [-0.25, -0.2) is 0 Å². The molecule has 0 bridgehead atoms. The number of nitrogens with zero attached hydrogens (tertiary/aromatic N) is 1. The molecule has 0 saturated heterocycles. The largest absolute Gasteiger partial charge is 0.361 e. The molecule has 14 heavy (non-hydrogen) atoms. The lowest BCUT2D eigenvalue weighted by Gasteiger charge is -2.03. The molecule has 0 aromatic heterocycles.